The number of rotatable bonds is 5. The molecule has 0 saturated heterocycles. The largest absolute Gasteiger partial charge is 0.494 e. The first-order chi connectivity index (χ1) is 13.0. The predicted molar refractivity (Wildman–Crippen MR) is 99.0 cm³/mol. The highest BCUT2D eigenvalue weighted by Crippen LogP contribution is 2.23. The molecule has 27 heavy (non-hydrogen) atoms. The number of pyridine rings is 1. The summed E-state index contributed by atoms with van der Waals surface area (Å²) in [6, 6.07) is 9.84. The summed E-state index contributed by atoms with van der Waals surface area (Å²) in [5.74, 6) is -0.324. The molecule has 0 saturated carbocycles. The number of furan rings is 1. The molecule has 0 bridgehead atoms. The monoisotopic (exact) mass is 361 g/mol. The maximum Gasteiger partial charge on any atom is 0.278 e. The predicted octanol–water partition coefficient (Wildman–Crippen LogP) is 2.81. The lowest BCUT2D eigenvalue weighted by Gasteiger charge is -2.11. The van der Waals surface area contributed by atoms with Crippen LogP contribution in [0.4, 0.5) is 11.4 Å². The van der Waals surface area contributed by atoms with E-state index in [0.717, 1.165) is 0 Å². The number of amides is 1. The van der Waals surface area contributed by atoms with Crippen molar-refractivity contribution in [2.45, 2.75) is 0 Å². The molecule has 0 spiro atoms. The number of methoxy groups -OCH3 is 1. The summed E-state index contributed by atoms with van der Waals surface area (Å²) in [7, 11) is 1.39. The smallest absolute Gasteiger partial charge is 0.278 e. The molecule has 3 rings (SSSR count). The molecular weight excluding hydrogens is 346 g/mol. The minimum absolute atomic E-state index is 0.0415. The van der Waals surface area contributed by atoms with Crippen LogP contribution in [0, 0.1) is 16.7 Å². The lowest BCUT2D eigenvalue weighted by Crippen LogP contribution is -2.16. The molecule has 4 N–H and O–H groups in total. The molecule has 8 heteroatoms. The fraction of sp³-hybridized carbons (Fsp3) is 0.0526. The van der Waals surface area contributed by atoms with Crippen molar-refractivity contribution in [1.82, 2.24) is 4.98 Å². The van der Waals surface area contributed by atoms with Gasteiger partial charge in [-0.15, -0.1) is 0 Å². The number of hydrogen-bond donors (Lipinski definition) is 3. The SMILES string of the molecule is COc1cc(C#N)cnc1C(=O)Nc1ccc(N)c(C(=N)c2ccoc2)c1. The Balaban J connectivity index is 1.88. The first-order valence-corrected chi connectivity index (χ1v) is 7.80. The highest BCUT2D eigenvalue weighted by Gasteiger charge is 2.17. The van der Waals surface area contributed by atoms with Gasteiger partial charge >= 0.3 is 0 Å². The Morgan fingerprint density at radius 1 is 1.37 bits per heavy atom. The van der Waals surface area contributed by atoms with Gasteiger partial charge in [-0.1, -0.05) is 0 Å². The normalized spacial score (nSPS) is 10.1. The zero-order valence-electron chi connectivity index (χ0n) is 14.3. The molecule has 0 fully saturated rings. The van der Waals surface area contributed by atoms with E-state index in [1.165, 1.54) is 31.9 Å². The highest BCUT2D eigenvalue weighted by atomic mass is 16.5. The second kappa shape index (κ2) is 7.41. The molecule has 0 unspecified atom stereocenters. The summed E-state index contributed by atoms with van der Waals surface area (Å²) in [5, 5.41) is 19.9. The Morgan fingerprint density at radius 2 is 2.19 bits per heavy atom. The van der Waals surface area contributed by atoms with E-state index in [4.69, 9.17) is 25.6 Å². The molecule has 2 heterocycles. The Kier molecular flexibility index (Phi) is 4.86. The second-order valence-corrected chi connectivity index (χ2v) is 5.53. The van der Waals surface area contributed by atoms with Crippen LogP contribution in [0.3, 0.4) is 0 Å². The summed E-state index contributed by atoms with van der Waals surface area (Å²) in [6.45, 7) is 0. The molecule has 1 aromatic carbocycles. The van der Waals surface area contributed by atoms with Crippen molar-refractivity contribution in [1.29, 1.82) is 10.7 Å². The van der Waals surface area contributed by atoms with E-state index < -0.39 is 5.91 Å². The maximum atomic E-state index is 12.6. The van der Waals surface area contributed by atoms with Gasteiger partial charge in [0, 0.05) is 34.8 Å². The number of hydrogen-bond acceptors (Lipinski definition) is 7. The Morgan fingerprint density at radius 3 is 2.85 bits per heavy atom. The van der Waals surface area contributed by atoms with Crippen molar-refractivity contribution >= 4 is 23.0 Å². The first kappa shape index (κ1) is 17.7. The van der Waals surface area contributed by atoms with Crippen molar-refractivity contribution in [2.24, 2.45) is 0 Å². The molecule has 134 valence electrons. The number of aromatic nitrogens is 1. The molecule has 0 aliphatic rings. The first-order valence-electron chi connectivity index (χ1n) is 7.80. The van der Waals surface area contributed by atoms with E-state index in [1.54, 1.807) is 24.3 Å². The summed E-state index contributed by atoms with van der Waals surface area (Å²) in [4.78, 5) is 16.5. The van der Waals surface area contributed by atoms with Crippen LogP contribution in [0.1, 0.15) is 27.2 Å². The van der Waals surface area contributed by atoms with Gasteiger partial charge in [0.05, 0.1) is 30.9 Å². The number of nitrogen functional groups attached to an aromatic ring is 1. The van der Waals surface area contributed by atoms with Crippen molar-refractivity contribution in [3.8, 4) is 11.8 Å². The third-order valence-electron chi connectivity index (χ3n) is 3.81. The van der Waals surface area contributed by atoms with Gasteiger partial charge in [0.25, 0.3) is 5.91 Å². The van der Waals surface area contributed by atoms with E-state index >= 15 is 0 Å². The van der Waals surface area contributed by atoms with Crippen LogP contribution in [0.2, 0.25) is 0 Å². The average Bonchev–Trinajstić information content (AvgIpc) is 3.23. The molecule has 2 aromatic heterocycles. The zero-order chi connectivity index (χ0) is 19.4. The van der Waals surface area contributed by atoms with Gasteiger partial charge in [-0.25, -0.2) is 4.98 Å². The van der Waals surface area contributed by atoms with Crippen molar-refractivity contribution < 1.29 is 13.9 Å². The molecule has 0 atom stereocenters. The van der Waals surface area contributed by atoms with Crippen molar-refractivity contribution in [2.75, 3.05) is 18.2 Å². The maximum absolute atomic E-state index is 12.6. The van der Waals surface area contributed by atoms with Gasteiger partial charge in [-0.05, 0) is 24.3 Å². The highest BCUT2D eigenvalue weighted by molar-refractivity contribution is 6.14. The molecule has 0 aliphatic carbocycles. The summed E-state index contributed by atoms with van der Waals surface area (Å²) >= 11 is 0. The standard InChI is InChI=1S/C19H15N5O3/c1-26-16-6-11(8-20)9-23-18(16)19(25)24-13-2-3-15(21)14(7-13)17(22)12-4-5-27-10-12/h2-7,9-10,22H,21H2,1H3,(H,24,25). The van der Waals surface area contributed by atoms with E-state index in [1.807, 2.05) is 6.07 Å². The third kappa shape index (κ3) is 3.62. The van der Waals surface area contributed by atoms with Gasteiger partial charge in [-0.2, -0.15) is 5.26 Å². The van der Waals surface area contributed by atoms with Crippen LogP contribution in [-0.2, 0) is 0 Å². The van der Waals surface area contributed by atoms with E-state index in [0.29, 0.717) is 22.5 Å². The van der Waals surface area contributed by atoms with E-state index in [-0.39, 0.29) is 22.7 Å². The van der Waals surface area contributed by atoms with Crippen LogP contribution in [-0.4, -0.2) is 23.7 Å². The summed E-state index contributed by atoms with van der Waals surface area (Å²) < 4.78 is 10.1. The quantitative estimate of drug-likeness (QED) is 0.472. The molecular formula is C19H15N5O3. The molecule has 3 aromatic rings. The number of ether oxygens (including phenoxy) is 1. The number of nitrogens with zero attached hydrogens (tertiary/aromatic N) is 2. The van der Waals surface area contributed by atoms with Crippen molar-refractivity contribution in [3.63, 3.8) is 0 Å². The van der Waals surface area contributed by atoms with E-state index in [2.05, 4.69) is 10.3 Å². The van der Waals surface area contributed by atoms with Crippen LogP contribution in [0.25, 0.3) is 0 Å². The fourth-order valence-electron chi connectivity index (χ4n) is 2.43. The van der Waals surface area contributed by atoms with Gasteiger partial charge in [0.1, 0.15) is 6.07 Å². The lowest BCUT2D eigenvalue weighted by atomic mass is 10.0. The van der Waals surface area contributed by atoms with Gasteiger partial charge in [-0.3, -0.25) is 10.2 Å². The lowest BCUT2D eigenvalue weighted by molar-refractivity contribution is 0.101. The molecule has 1 amide bonds. The number of nitriles is 1. The van der Waals surface area contributed by atoms with Crippen LogP contribution >= 0.6 is 0 Å². The van der Waals surface area contributed by atoms with Crippen molar-refractivity contribution in [3.05, 3.63) is 71.4 Å². The number of nitrogens with two attached hydrogens (primary N) is 1. The fourth-order valence-corrected chi connectivity index (χ4v) is 2.43. The Bertz CT molecular complexity index is 1050. The number of benzene rings is 1. The molecule has 0 radical (unpaired) electrons. The second-order valence-electron chi connectivity index (χ2n) is 5.53. The Labute approximate surface area is 154 Å². The van der Waals surface area contributed by atoms with Gasteiger partial charge < -0.3 is 20.2 Å². The number of anilines is 2. The van der Waals surface area contributed by atoms with Gasteiger partial charge in [0.15, 0.2) is 11.4 Å². The van der Waals surface area contributed by atoms with Crippen LogP contribution in [0.15, 0.2) is 53.5 Å². The van der Waals surface area contributed by atoms with E-state index in [9.17, 15) is 4.79 Å². The Hall–Kier alpha value is -4.12. The minimum Gasteiger partial charge on any atom is -0.494 e. The molecule has 8 nitrogen and oxygen atoms in total. The van der Waals surface area contributed by atoms with Gasteiger partial charge in [0.2, 0.25) is 0 Å². The molecule has 0 aliphatic heterocycles. The number of carbonyl (C=O) groups is 1. The average molecular weight is 361 g/mol. The topological polar surface area (TPSA) is 138 Å². The zero-order valence-corrected chi connectivity index (χ0v) is 14.3. The summed E-state index contributed by atoms with van der Waals surface area (Å²) in [6.07, 6.45) is 4.20. The summed E-state index contributed by atoms with van der Waals surface area (Å²) in [5.41, 5.74) is 8.32. The van der Waals surface area contributed by atoms with Crippen LogP contribution in [0.5, 0.6) is 5.75 Å². The minimum atomic E-state index is -0.512. The number of nitrogens with one attached hydrogen (secondary N) is 2. The number of carbonyl (C=O) groups excluding carboxylic acids is 1. The third-order valence-corrected chi connectivity index (χ3v) is 3.81. The van der Waals surface area contributed by atoms with Crippen LogP contribution < -0.4 is 15.8 Å².